The van der Waals surface area contributed by atoms with Crippen LogP contribution in [0.3, 0.4) is 0 Å². The van der Waals surface area contributed by atoms with Gasteiger partial charge in [-0.15, -0.1) is 0 Å². The molecule has 3 N–H and O–H groups in total. The third kappa shape index (κ3) is 2.65. The second-order valence-corrected chi connectivity index (χ2v) is 3.93. The molecule has 18 heavy (non-hydrogen) atoms. The summed E-state index contributed by atoms with van der Waals surface area (Å²) in [4.78, 5) is 11.7. The highest BCUT2D eigenvalue weighted by molar-refractivity contribution is 5.91. The lowest BCUT2D eigenvalue weighted by Crippen LogP contribution is -2.19. The molecule has 0 spiro atoms. The summed E-state index contributed by atoms with van der Waals surface area (Å²) in [7, 11) is 0. The minimum absolute atomic E-state index is 0.0349. The van der Waals surface area contributed by atoms with Gasteiger partial charge in [0.2, 0.25) is 5.91 Å². The molecule has 2 aromatic rings. The van der Waals surface area contributed by atoms with E-state index < -0.39 is 0 Å². The number of anilines is 2. The molecule has 0 unspecified atom stereocenters. The number of nitrogens with zero attached hydrogens (tertiary/aromatic N) is 2. The molecule has 0 fully saturated rings. The van der Waals surface area contributed by atoms with Crippen molar-refractivity contribution in [2.45, 2.75) is 13.5 Å². The van der Waals surface area contributed by atoms with Gasteiger partial charge in [-0.1, -0.05) is 6.07 Å². The summed E-state index contributed by atoms with van der Waals surface area (Å²) in [6.07, 6.45) is 3.01. The quantitative estimate of drug-likeness (QED) is 0.865. The van der Waals surface area contributed by atoms with Gasteiger partial charge in [-0.2, -0.15) is 5.10 Å². The Morgan fingerprint density at radius 3 is 3.00 bits per heavy atom. The highest BCUT2D eigenvalue weighted by atomic mass is 19.1. The van der Waals surface area contributed by atoms with Gasteiger partial charge in [0.1, 0.15) is 12.4 Å². The van der Waals surface area contributed by atoms with Crippen molar-refractivity contribution in [3.8, 4) is 0 Å². The Labute approximate surface area is 103 Å². The molecule has 0 aliphatic heterocycles. The zero-order valence-corrected chi connectivity index (χ0v) is 9.85. The molecular weight excluding hydrogens is 235 g/mol. The van der Waals surface area contributed by atoms with E-state index in [-0.39, 0.29) is 18.3 Å². The molecule has 0 saturated carbocycles. The molecule has 1 heterocycles. The van der Waals surface area contributed by atoms with Crippen LogP contribution in [0.25, 0.3) is 0 Å². The first-order valence-electron chi connectivity index (χ1n) is 5.39. The molecule has 5 nitrogen and oxygen atoms in total. The molecule has 1 aromatic heterocycles. The molecule has 0 saturated heterocycles. The van der Waals surface area contributed by atoms with Crippen molar-refractivity contribution < 1.29 is 9.18 Å². The van der Waals surface area contributed by atoms with Gasteiger partial charge in [-0.25, -0.2) is 4.39 Å². The average molecular weight is 248 g/mol. The first-order chi connectivity index (χ1) is 8.56. The van der Waals surface area contributed by atoms with Gasteiger partial charge in [-0.05, 0) is 19.1 Å². The van der Waals surface area contributed by atoms with E-state index in [9.17, 15) is 9.18 Å². The van der Waals surface area contributed by atoms with Crippen LogP contribution in [0.2, 0.25) is 0 Å². The summed E-state index contributed by atoms with van der Waals surface area (Å²) >= 11 is 0. The van der Waals surface area contributed by atoms with Crippen molar-refractivity contribution in [1.82, 2.24) is 9.78 Å². The Balaban J connectivity index is 2.05. The summed E-state index contributed by atoms with van der Waals surface area (Å²) in [5.74, 6) is -0.636. The number of hydrogen-bond acceptors (Lipinski definition) is 3. The fourth-order valence-corrected chi connectivity index (χ4v) is 1.55. The van der Waals surface area contributed by atoms with E-state index in [0.717, 1.165) is 0 Å². The SMILES string of the molecule is Cc1c(F)cccc1NC(=O)Cn1cc(N)cn1. The summed E-state index contributed by atoms with van der Waals surface area (Å²) in [6, 6.07) is 4.54. The predicted molar refractivity (Wildman–Crippen MR) is 66.4 cm³/mol. The van der Waals surface area contributed by atoms with E-state index in [1.807, 2.05) is 0 Å². The number of carbonyl (C=O) groups excluding carboxylic acids is 1. The van der Waals surface area contributed by atoms with Gasteiger partial charge in [0.25, 0.3) is 0 Å². The molecule has 0 aliphatic carbocycles. The van der Waals surface area contributed by atoms with E-state index >= 15 is 0 Å². The van der Waals surface area contributed by atoms with E-state index in [4.69, 9.17) is 5.73 Å². The minimum atomic E-state index is -0.351. The van der Waals surface area contributed by atoms with Crippen LogP contribution in [0, 0.1) is 12.7 Å². The van der Waals surface area contributed by atoms with Crippen LogP contribution < -0.4 is 11.1 Å². The molecule has 0 atom stereocenters. The Kier molecular flexibility index (Phi) is 3.27. The van der Waals surface area contributed by atoms with Crippen LogP contribution in [-0.2, 0) is 11.3 Å². The average Bonchev–Trinajstić information content (AvgIpc) is 2.70. The first-order valence-corrected chi connectivity index (χ1v) is 5.39. The highest BCUT2D eigenvalue weighted by Crippen LogP contribution is 2.17. The van der Waals surface area contributed by atoms with E-state index in [0.29, 0.717) is 16.9 Å². The second-order valence-electron chi connectivity index (χ2n) is 3.93. The minimum Gasteiger partial charge on any atom is -0.396 e. The number of rotatable bonds is 3. The van der Waals surface area contributed by atoms with Crippen LogP contribution >= 0.6 is 0 Å². The molecule has 2 rings (SSSR count). The lowest BCUT2D eigenvalue weighted by Gasteiger charge is -2.08. The van der Waals surface area contributed by atoms with Gasteiger partial charge < -0.3 is 11.1 Å². The van der Waals surface area contributed by atoms with Gasteiger partial charge in [0.05, 0.1) is 11.9 Å². The Morgan fingerprint density at radius 2 is 2.33 bits per heavy atom. The number of hydrogen-bond donors (Lipinski definition) is 2. The molecule has 0 radical (unpaired) electrons. The summed E-state index contributed by atoms with van der Waals surface area (Å²) < 4.78 is 14.7. The highest BCUT2D eigenvalue weighted by Gasteiger charge is 2.08. The van der Waals surface area contributed by atoms with Crippen molar-refractivity contribution in [2.75, 3.05) is 11.1 Å². The largest absolute Gasteiger partial charge is 0.396 e. The van der Waals surface area contributed by atoms with Gasteiger partial charge in [0.15, 0.2) is 0 Å². The van der Waals surface area contributed by atoms with Gasteiger partial charge >= 0.3 is 0 Å². The maximum Gasteiger partial charge on any atom is 0.246 e. The van der Waals surface area contributed by atoms with E-state index in [2.05, 4.69) is 10.4 Å². The number of nitrogen functional groups attached to an aromatic ring is 1. The van der Waals surface area contributed by atoms with Crippen molar-refractivity contribution in [3.63, 3.8) is 0 Å². The summed E-state index contributed by atoms with van der Waals surface area (Å²) in [5.41, 5.74) is 6.84. The number of carbonyl (C=O) groups is 1. The van der Waals surface area contributed by atoms with Crippen LogP contribution in [0.15, 0.2) is 30.6 Å². The Hall–Kier alpha value is -2.37. The molecule has 1 amide bonds. The lowest BCUT2D eigenvalue weighted by molar-refractivity contribution is -0.116. The normalized spacial score (nSPS) is 10.3. The fourth-order valence-electron chi connectivity index (χ4n) is 1.55. The maximum absolute atomic E-state index is 13.3. The molecule has 6 heteroatoms. The summed E-state index contributed by atoms with van der Waals surface area (Å²) in [6.45, 7) is 1.64. The van der Waals surface area contributed by atoms with E-state index in [1.54, 1.807) is 25.3 Å². The number of benzene rings is 1. The third-order valence-corrected chi connectivity index (χ3v) is 2.50. The first kappa shape index (κ1) is 12.1. The van der Waals surface area contributed by atoms with Crippen LogP contribution in [0.4, 0.5) is 15.8 Å². The molecular formula is C12H13FN4O. The number of amides is 1. The topological polar surface area (TPSA) is 72.9 Å². The molecule has 0 bridgehead atoms. The van der Waals surface area contributed by atoms with Crippen molar-refractivity contribution in [2.24, 2.45) is 0 Å². The summed E-state index contributed by atoms with van der Waals surface area (Å²) in [5, 5.41) is 6.52. The zero-order chi connectivity index (χ0) is 13.1. The Morgan fingerprint density at radius 1 is 1.56 bits per heavy atom. The molecule has 94 valence electrons. The molecule has 0 aliphatic rings. The van der Waals surface area contributed by atoms with Crippen LogP contribution in [0.1, 0.15) is 5.56 Å². The second kappa shape index (κ2) is 4.87. The smallest absolute Gasteiger partial charge is 0.246 e. The maximum atomic E-state index is 13.3. The van der Waals surface area contributed by atoms with Crippen molar-refractivity contribution in [3.05, 3.63) is 42.0 Å². The standard InChI is InChI=1S/C12H13FN4O/c1-8-10(13)3-2-4-11(8)16-12(18)7-17-6-9(14)5-15-17/h2-6H,7,14H2,1H3,(H,16,18). The zero-order valence-electron chi connectivity index (χ0n) is 9.85. The monoisotopic (exact) mass is 248 g/mol. The van der Waals surface area contributed by atoms with Crippen LogP contribution in [0.5, 0.6) is 0 Å². The van der Waals surface area contributed by atoms with Gasteiger partial charge in [-0.3, -0.25) is 9.48 Å². The molecule has 1 aromatic carbocycles. The van der Waals surface area contributed by atoms with Gasteiger partial charge in [0, 0.05) is 17.4 Å². The predicted octanol–water partition coefficient (Wildman–Crippen LogP) is 1.55. The van der Waals surface area contributed by atoms with Crippen molar-refractivity contribution in [1.29, 1.82) is 0 Å². The number of nitrogens with two attached hydrogens (primary N) is 1. The van der Waals surface area contributed by atoms with E-state index in [1.165, 1.54) is 16.9 Å². The van der Waals surface area contributed by atoms with Crippen LogP contribution in [-0.4, -0.2) is 15.7 Å². The van der Waals surface area contributed by atoms with Crippen molar-refractivity contribution >= 4 is 17.3 Å². The number of nitrogens with one attached hydrogen (secondary N) is 1. The lowest BCUT2D eigenvalue weighted by atomic mass is 10.2. The number of halogens is 1. The fraction of sp³-hybridized carbons (Fsp3) is 0.167. The third-order valence-electron chi connectivity index (χ3n) is 2.50. The number of aromatic nitrogens is 2. The Bertz CT molecular complexity index is 579.